The molecule has 8 nitrogen and oxygen atoms in total. The Labute approximate surface area is 175 Å². The molecular weight excluding hydrogens is 404 g/mol. The monoisotopic (exact) mass is 416 g/mol. The maximum atomic E-state index is 12.8. The lowest BCUT2D eigenvalue weighted by Gasteiger charge is -2.11. The van der Waals surface area contributed by atoms with Crippen LogP contribution in [-0.2, 0) is 0 Å². The van der Waals surface area contributed by atoms with Gasteiger partial charge in [-0.2, -0.15) is 10.4 Å². The summed E-state index contributed by atoms with van der Waals surface area (Å²) in [6, 6.07) is 17.3. The van der Waals surface area contributed by atoms with Gasteiger partial charge in [0.25, 0.3) is 5.91 Å². The van der Waals surface area contributed by atoms with Crippen LogP contribution in [0.25, 0.3) is 10.8 Å². The molecule has 3 N–H and O–H groups in total. The van der Waals surface area contributed by atoms with Crippen molar-refractivity contribution in [2.45, 2.75) is 0 Å². The topological polar surface area (TPSA) is 127 Å². The number of H-pyrrole nitrogens is 1. The van der Waals surface area contributed by atoms with Gasteiger partial charge in [0.15, 0.2) is 11.6 Å². The second kappa shape index (κ2) is 8.03. The number of carbonyl (C=O) groups is 1. The lowest BCUT2D eigenvalue weighted by atomic mass is 10.0. The van der Waals surface area contributed by atoms with Crippen LogP contribution in [0.4, 0.5) is 17.2 Å². The van der Waals surface area contributed by atoms with Crippen LogP contribution in [0.15, 0.2) is 71.0 Å². The Balaban J connectivity index is 1.78. The SMILES string of the molecule is N#Cc1cn[nH]c1/N=N/c1c(O)c(C(=O)Nc2ccc(Cl)cc2)cc2ccccc12. The number of hydrogen-bond donors (Lipinski definition) is 3. The number of nitrogens with zero attached hydrogens (tertiary/aromatic N) is 4. The Morgan fingerprint density at radius 2 is 1.93 bits per heavy atom. The number of benzene rings is 3. The van der Waals surface area contributed by atoms with Crippen LogP contribution in [-0.4, -0.2) is 21.2 Å². The fraction of sp³-hybridized carbons (Fsp3) is 0. The normalized spacial score (nSPS) is 10.9. The zero-order valence-corrected chi connectivity index (χ0v) is 16.1. The van der Waals surface area contributed by atoms with Crippen LogP contribution in [0.5, 0.6) is 5.75 Å². The quantitative estimate of drug-likeness (QED) is 0.381. The molecule has 30 heavy (non-hydrogen) atoms. The summed E-state index contributed by atoms with van der Waals surface area (Å²) in [4.78, 5) is 12.8. The van der Waals surface area contributed by atoms with Gasteiger partial charge in [0, 0.05) is 16.1 Å². The highest BCUT2D eigenvalue weighted by Gasteiger charge is 2.19. The van der Waals surface area contributed by atoms with Crippen LogP contribution < -0.4 is 5.32 Å². The molecule has 1 amide bonds. The first-order valence-electron chi connectivity index (χ1n) is 8.73. The summed E-state index contributed by atoms with van der Waals surface area (Å²) in [5, 5.41) is 38.8. The molecule has 4 rings (SSSR count). The second-order valence-corrected chi connectivity index (χ2v) is 6.68. The van der Waals surface area contributed by atoms with Gasteiger partial charge >= 0.3 is 0 Å². The van der Waals surface area contributed by atoms with Crippen molar-refractivity contribution in [2.24, 2.45) is 10.2 Å². The number of nitriles is 1. The number of aromatic amines is 1. The zero-order chi connectivity index (χ0) is 21.1. The predicted molar refractivity (Wildman–Crippen MR) is 112 cm³/mol. The fourth-order valence-electron chi connectivity index (χ4n) is 2.86. The molecule has 0 bridgehead atoms. The molecule has 0 radical (unpaired) electrons. The van der Waals surface area contributed by atoms with Gasteiger partial charge in [-0.3, -0.25) is 9.89 Å². The molecule has 0 aliphatic rings. The van der Waals surface area contributed by atoms with Crippen LogP contribution in [0.3, 0.4) is 0 Å². The highest BCUT2D eigenvalue weighted by molar-refractivity contribution is 6.30. The summed E-state index contributed by atoms with van der Waals surface area (Å²) in [5.74, 6) is -0.699. The molecule has 0 unspecified atom stereocenters. The maximum Gasteiger partial charge on any atom is 0.259 e. The van der Waals surface area contributed by atoms with Crippen molar-refractivity contribution in [3.8, 4) is 11.8 Å². The Morgan fingerprint density at radius 1 is 1.17 bits per heavy atom. The van der Waals surface area contributed by atoms with Crippen LogP contribution in [0, 0.1) is 11.3 Å². The van der Waals surface area contributed by atoms with Crippen LogP contribution >= 0.6 is 11.6 Å². The van der Waals surface area contributed by atoms with Crippen molar-refractivity contribution in [3.05, 3.63) is 76.9 Å². The zero-order valence-electron chi connectivity index (χ0n) is 15.3. The standard InChI is InChI=1S/C21H13ClN6O2/c22-14-5-7-15(8-6-14)25-21(30)17-9-12-3-1-2-4-16(12)18(19(17)29)26-28-20-13(10-23)11-24-27-20/h1-9,11,29H,(H,24,27)(H,25,30)/b28-26+. The van der Waals surface area contributed by atoms with E-state index in [-0.39, 0.29) is 28.4 Å². The molecule has 9 heteroatoms. The van der Waals surface area contributed by atoms with Crippen molar-refractivity contribution >= 4 is 45.5 Å². The van der Waals surface area contributed by atoms with Gasteiger partial charge in [0.2, 0.25) is 0 Å². The number of amides is 1. The van der Waals surface area contributed by atoms with E-state index in [9.17, 15) is 9.90 Å². The molecule has 1 heterocycles. The Kier molecular flexibility index (Phi) is 5.11. The van der Waals surface area contributed by atoms with Gasteiger partial charge < -0.3 is 10.4 Å². The largest absolute Gasteiger partial charge is 0.505 e. The van der Waals surface area contributed by atoms with E-state index in [4.69, 9.17) is 16.9 Å². The third-order valence-electron chi connectivity index (χ3n) is 4.33. The number of rotatable bonds is 4. The smallest absolute Gasteiger partial charge is 0.259 e. The number of nitrogens with one attached hydrogen (secondary N) is 2. The molecule has 0 spiro atoms. The van der Waals surface area contributed by atoms with Crippen LogP contribution in [0.2, 0.25) is 5.02 Å². The highest BCUT2D eigenvalue weighted by Crippen LogP contribution is 2.39. The van der Waals surface area contributed by atoms with E-state index in [1.165, 1.54) is 6.20 Å². The average Bonchev–Trinajstić information content (AvgIpc) is 3.22. The number of phenols is 1. The number of aromatic hydroxyl groups is 1. The van der Waals surface area contributed by atoms with Crippen molar-refractivity contribution in [3.63, 3.8) is 0 Å². The number of aromatic nitrogens is 2. The van der Waals surface area contributed by atoms with Crippen molar-refractivity contribution < 1.29 is 9.90 Å². The summed E-state index contributed by atoms with van der Waals surface area (Å²) in [6.45, 7) is 0. The first-order valence-corrected chi connectivity index (χ1v) is 9.11. The van der Waals surface area contributed by atoms with E-state index in [0.29, 0.717) is 21.5 Å². The first kappa shape index (κ1) is 19.1. The Hall–Kier alpha value is -4.22. The number of fused-ring (bicyclic) bond motifs is 1. The number of hydrogen-bond acceptors (Lipinski definition) is 6. The Morgan fingerprint density at radius 3 is 2.70 bits per heavy atom. The maximum absolute atomic E-state index is 12.8. The van der Waals surface area contributed by atoms with Gasteiger partial charge in [-0.15, -0.1) is 10.2 Å². The number of carbonyl (C=O) groups excluding carboxylic acids is 1. The van der Waals surface area contributed by atoms with E-state index in [1.54, 1.807) is 48.5 Å². The minimum Gasteiger partial charge on any atom is -0.505 e. The van der Waals surface area contributed by atoms with Gasteiger partial charge in [0.1, 0.15) is 17.3 Å². The molecule has 1 aromatic heterocycles. The fourth-order valence-corrected chi connectivity index (χ4v) is 2.99. The summed E-state index contributed by atoms with van der Waals surface area (Å²) in [5.41, 5.74) is 0.867. The minimum atomic E-state index is -0.517. The minimum absolute atomic E-state index is 0.0303. The molecule has 0 aliphatic heterocycles. The van der Waals surface area contributed by atoms with E-state index < -0.39 is 5.91 Å². The van der Waals surface area contributed by atoms with E-state index in [0.717, 1.165) is 0 Å². The lowest BCUT2D eigenvalue weighted by molar-refractivity contribution is 0.102. The Bertz CT molecular complexity index is 1320. The average molecular weight is 417 g/mol. The molecule has 3 aromatic carbocycles. The van der Waals surface area contributed by atoms with Gasteiger partial charge in [-0.25, -0.2) is 0 Å². The predicted octanol–water partition coefficient (Wildman–Crippen LogP) is 5.46. The van der Waals surface area contributed by atoms with Crippen molar-refractivity contribution in [1.82, 2.24) is 10.2 Å². The van der Waals surface area contributed by atoms with E-state index in [1.807, 2.05) is 12.1 Å². The summed E-state index contributed by atoms with van der Waals surface area (Å²) in [7, 11) is 0. The summed E-state index contributed by atoms with van der Waals surface area (Å²) < 4.78 is 0. The number of phenolic OH excluding ortho intramolecular Hbond substituents is 1. The summed E-state index contributed by atoms with van der Waals surface area (Å²) in [6.07, 6.45) is 1.32. The van der Waals surface area contributed by atoms with Crippen molar-refractivity contribution in [2.75, 3.05) is 5.32 Å². The molecule has 4 aromatic rings. The van der Waals surface area contributed by atoms with Crippen molar-refractivity contribution in [1.29, 1.82) is 5.26 Å². The third-order valence-corrected chi connectivity index (χ3v) is 4.58. The molecular formula is C21H13ClN6O2. The molecule has 0 atom stereocenters. The molecule has 0 saturated heterocycles. The van der Waals surface area contributed by atoms with E-state index >= 15 is 0 Å². The molecule has 0 saturated carbocycles. The highest BCUT2D eigenvalue weighted by atomic mass is 35.5. The molecule has 146 valence electrons. The van der Waals surface area contributed by atoms with Gasteiger partial charge in [0.05, 0.1) is 11.8 Å². The van der Waals surface area contributed by atoms with Gasteiger partial charge in [-0.05, 0) is 35.7 Å². The molecule has 0 fully saturated rings. The first-order chi connectivity index (χ1) is 14.6. The number of halogens is 1. The van der Waals surface area contributed by atoms with Gasteiger partial charge in [-0.1, -0.05) is 35.9 Å². The second-order valence-electron chi connectivity index (χ2n) is 6.25. The molecule has 0 aliphatic carbocycles. The lowest BCUT2D eigenvalue weighted by Crippen LogP contribution is -2.12. The summed E-state index contributed by atoms with van der Waals surface area (Å²) >= 11 is 5.87. The van der Waals surface area contributed by atoms with Crippen LogP contribution in [0.1, 0.15) is 15.9 Å². The number of azo groups is 1. The number of anilines is 1. The van der Waals surface area contributed by atoms with E-state index in [2.05, 4.69) is 25.7 Å². The third kappa shape index (κ3) is 3.70.